The predicted molar refractivity (Wildman–Crippen MR) is 70.3 cm³/mol. The predicted octanol–water partition coefficient (Wildman–Crippen LogP) is 3.85. The van der Waals surface area contributed by atoms with Crippen LogP contribution in [0.5, 0.6) is 0 Å². The number of aryl methyl sites for hydroxylation is 1. The highest BCUT2D eigenvalue weighted by atomic mass is 19.3. The summed E-state index contributed by atoms with van der Waals surface area (Å²) in [4.78, 5) is 11.5. The van der Waals surface area contributed by atoms with Crippen LogP contribution in [0, 0.1) is 6.92 Å². The lowest BCUT2D eigenvalue weighted by atomic mass is 9.84. The lowest BCUT2D eigenvalue weighted by Gasteiger charge is -2.27. The van der Waals surface area contributed by atoms with Crippen LogP contribution in [0.1, 0.15) is 30.4 Å². The SMILES string of the molecule is C=C(C(=O)OC)[C@@H](c1ccc(C)cc1)C(F)(F)CC. The van der Waals surface area contributed by atoms with E-state index in [0.717, 1.165) is 12.7 Å². The Morgan fingerprint density at radius 3 is 2.32 bits per heavy atom. The maximum Gasteiger partial charge on any atom is 0.333 e. The van der Waals surface area contributed by atoms with Gasteiger partial charge in [0.05, 0.1) is 13.0 Å². The summed E-state index contributed by atoms with van der Waals surface area (Å²) in [6.45, 7) is 6.73. The topological polar surface area (TPSA) is 26.3 Å². The molecule has 4 heteroatoms. The Hall–Kier alpha value is -1.71. The third-order valence-electron chi connectivity index (χ3n) is 3.10. The van der Waals surface area contributed by atoms with Crippen molar-refractivity contribution in [2.24, 2.45) is 0 Å². The van der Waals surface area contributed by atoms with Crippen molar-refractivity contribution in [3.05, 3.63) is 47.5 Å². The molecule has 0 heterocycles. The average Bonchev–Trinajstić information content (AvgIpc) is 2.40. The molecule has 0 bridgehead atoms. The molecular weight excluding hydrogens is 250 g/mol. The summed E-state index contributed by atoms with van der Waals surface area (Å²) in [5.41, 5.74) is 1.11. The van der Waals surface area contributed by atoms with Crippen molar-refractivity contribution in [3.63, 3.8) is 0 Å². The molecule has 0 aromatic heterocycles. The number of carbonyl (C=O) groups is 1. The number of halogens is 2. The maximum absolute atomic E-state index is 14.1. The molecule has 0 aliphatic heterocycles. The van der Waals surface area contributed by atoms with Gasteiger partial charge in [0.15, 0.2) is 0 Å². The molecule has 1 rings (SSSR count). The highest BCUT2D eigenvalue weighted by Crippen LogP contribution is 2.41. The Bertz CT molecular complexity index is 464. The van der Waals surface area contributed by atoms with Gasteiger partial charge < -0.3 is 4.74 Å². The summed E-state index contributed by atoms with van der Waals surface area (Å²) in [7, 11) is 1.16. The number of hydrogen-bond donors (Lipinski definition) is 0. The second-order valence-electron chi connectivity index (χ2n) is 4.48. The summed E-state index contributed by atoms with van der Waals surface area (Å²) in [5.74, 6) is -5.20. The Morgan fingerprint density at radius 1 is 1.37 bits per heavy atom. The first-order valence-corrected chi connectivity index (χ1v) is 6.05. The lowest BCUT2D eigenvalue weighted by molar-refractivity contribution is -0.137. The zero-order chi connectivity index (χ0) is 14.6. The van der Waals surface area contributed by atoms with Crippen molar-refractivity contribution >= 4 is 5.97 Å². The van der Waals surface area contributed by atoms with E-state index >= 15 is 0 Å². The van der Waals surface area contributed by atoms with Gasteiger partial charge in [-0.05, 0) is 12.5 Å². The molecule has 0 saturated carbocycles. The van der Waals surface area contributed by atoms with Gasteiger partial charge in [-0.1, -0.05) is 43.3 Å². The number of methoxy groups -OCH3 is 1. The third-order valence-corrected chi connectivity index (χ3v) is 3.10. The smallest absolute Gasteiger partial charge is 0.333 e. The van der Waals surface area contributed by atoms with Gasteiger partial charge in [0.1, 0.15) is 0 Å². The standard InChI is InChI=1S/C15H18F2O2/c1-5-15(16,17)13(11(3)14(18)19-4)12-8-6-10(2)7-9-12/h6-9,13H,3,5H2,1-2,4H3/t13-/m0/s1. The molecule has 0 saturated heterocycles. The summed E-state index contributed by atoms with van der Waals surface area (Å²) in [6, 6.07) is 6.66. The number of alkyl halides is 2. The molecule has 1 atom stereocenters. The minimum absolute atomic E-state index is 0.224. The Balaban J connectivity index is 3.24. The van der Waals surface area contributed by atoms with Gasteiger partial charge in [-0.3, -0.25) is 0 Å². The highest BCUT2D eigenvalue weighted by molar-refractivity contribution is 5.89. The summed E-state index contributed by atoms with van der Waals surface area (Å²) >= 11 is 0. The maximum atomic E-state index is 14.1. The molecule has 1 aromatic rings. The van der Waals surface area contributed by atoms with E-state index < -0.39 is 17.8 Å². The largest absolute Gasteiger partial charge is 0.466 e. The molecule has 1 aromatic carbocycles. The molecular formula is C15H18F2O2. The Morgan fingerprint density at radius 2 is 1.89 bits per heavy atom. The van der Waals surface area contributed by atoms with Crippen molar-refractivity contribution < 1.29 is 18.3 Å². The third kappa shape index (κ3) is 3.40. The Kier molecular flexibility index (Phi) is 4.81. The molecule has 0 spiro atoms. The van der Waals surface area contributed by atoms with Gasteiger partial charge in [-0.25, -0.2) is 13.6 Å². The van der Waals surface area contributed by atoms with Crippen molar-refractivity contribution in [1.82, 2.24) is 0 Å². The van der Waals surface area contributed by atoms with Crippen LogP contribution < -0.4 is 0 Å². The zero-order valence-electron chi connectivity index (χ0n) is 11.4. The quantitative estimate of drug-likeness (QED) is 0.599. The van der Waals surface area contributed by atoms with Crippen LogP contribution in [0.3, 0.4) is 0 Å². The summed E-state index contributed by atoms with van der Waals surface area (Å²) < 4.78 is 32.7. The van der Waals surface area contributed by atoms with Gasteiger partial charge >= 0.3 is 5.97 Å². The molecule has 0 radical (unpaired) electrons. The van der Waals surface area contributed by atoms with Crippen LogP contribution in [0.15, 0.2) is 36.4 Å². The van der Waals surface area contributed by atoms with Gasteiger partial charge in [0.25, 0.3) is 5.92 Å². The molecule has 0 fully saturated rings. The molecule has 0 aliphatic carbocycles. The number of benzene rings is 1. The van der Waals surface area contributed by atoms with E-state index in [1.54, 1.807) is 24.3 Å². The van der Waals surface area contributed by atoms with Crippen LogP contribution >= 0.6 is 0 Å². The van der Waals surface area contributed by atoms with E-state index in [4.69, 9.17) is 0 Å². The van der Waals surface area contributed by atoms with Crippen molar-refractivity contribution in [3.8, 4) is 0 Å². The fourth-order valence-electron chi connectivity index (χ4n) is 1.91. The fraction of sp³-hybridized carbons (Fsp3) is 0.400. The van der Waals surface area contributed by atoms with Gasteiger partial charge in [0.2, 0.25) is 0 Å². The van der Waals surface area contributed by atoms with Crippen LogP contribution in [0.25, 0.3) is 0 Å². The van der Waals surface area contributed by atoms with Gasteiger partial charge in [0, 0.05) is 12.0 Å². The van der Waals surface area contributed by atoms with Gasteiger partial charge in [-0.2, -0.15) is 0 Å². The zero-order valence-corrected chi connectivity index (χ0v) is 11.4. The molecule has 0 aliphatic rings. The minimum atomic E-state index is -3.04. The normalized spacial score (nSPS) is 12.9. The fourth-order valence-corrected chi connectivity index (χ4v) is 1.91. The van der Waals surface area contributed by atoms with Gasteiger partial charge in [-0.15, -0.1) is 0 Å². The summed E-state index contributed by atoms with van der Waals surface area (Å²) in [6.07, 6.45) is -0.373. The van der Waals surface area contributed by atoms with E-state index in [0.29, 0.717) is 5.56 Å². The van der Waals surface area contributed by atoms with Crippen molar-refractivity contribution in [2.75, 3.05) is 7.11 Å². The number of ether oxygens (including phenoxy) is 1. The first-order chi connectivity index (χ1) is 8.83. The molecule has 104 valence electrons. The number of carbonyl (C=O) groups excluding carboxylic acids is 1. The first-order valence-electron chi connectivity index (χ1n) is 6.05. The molecule has 0 amide bonds. The number of esters is 1. The number of hydrogen-bond acceptors (Lipinski definition) is 2. The molecule has 19 heavy (non-hydrogen) atoms. The average molecular weight is 268 g/mol. The second-order valence-corrected chi connectivity index (χ2v) is 4.48. The summed E-state index contributed by atoms with van der Waals surface area (Å²) in [5, 5.41) is 0. The van der Waals surface area contributed by atoms with E-state index in [9.17, 15) is 13.6 Å². The Labute approximate surface area is 112 Å². The van der Waals surface area contributed by atoms with Crippen LogP contribution in [-0.4, -0.2) is 19.0 Å². The van der Waals surface area contributed by atoms with Crippen molar-refractivity contribution in [1.29, 1.82) is 0 Å². The highest BCUT2D eigenvalue weighted by Gasteiger charge is 2.42. The van der Waals surface area contributed by atoms with E-state index in [2.05, 4.69) is 11.3 Å². The lowest BCUT2D eigenvalue weighted by Crippen LogP contribution is -2.30. The van der Waals surface area contributed by atoms with Crippen LogP contribution in [0.4, 0.5) is 8.78 Å². The van der Waals surface area contributed by atoms with Crippen LogP contribution in [0.2, 0.25) is 0 Å². The number of rotatable bonds is 5. The first kappa shape index (κ1) is 15.3. The van der Waals surface area contributed by atoms with E-state index in [1.165, 1.54) is 6.92 Å². The monoisotopic (exact) mass is 268 g/mol. The van der Waals surface area contributed by atoms with Crippen molar-refractivity contribution in [2.45, 2.75) is 32.1 Å². The van der Waals surface area contributed by atoms with E-state index in [-0.39, 0.29) is 12.0 Å². The molecule has 2 nitrogen and oxygen atoms in total. The van der Waals surface area contributed by atoms with E-state index in [1.807, 2.05) is 6.92 Å². The molecule has 0 N–H and O–H groups in total. The van der Waals surface area contributed by atoms with Crippen LogP contribution in [-0.2, 0) is 9.53 Å². The molecule has 0 unspecified atom stereocenters. The minimum Gasteiger partial charge on any atom is -0.466 e. The second kappa shape index (κ2) is 5.95.